The number of pyridine rings is 1. The van der Waals surface area contributed by atoms with Crippen molar-refractivity contribution in [2.75, 3.05) is 37.6 Å². The van der Waals surface area contributed by atoms with E-state index in [9.17, 15) is 9.90 Å². The van der Waals surface area contributed by atoms with Crippen LogP contribution < -0.4 is 4.90 Å². The summed E-state index contributed by atoms with van der Waals surface area (Å²) in [4.78, 5) is 20.6. The molecule has 1 aliphatic rings. The third-order valence-electron chi connectivity index (χ3n) is 3.93. The van der Waals surface area contributed by atoms with Crippen molar-refractivity contribution in [2.45, 2.75) is 13.3 Å². The Morgan fingerprint density at radius 3 is 2.71 bits per heavy atom. The molecule has 1 aliphatic heterocycles. The first kappa shape index (κ1) is 13.9. The smallest absolute Gasteiger partial charge is 0.356 e. The zero-order chi connectivity index (χ0) is 14.8. The molecule has 0 aromatic carbocycles. The number of carboxylic acid groups (broad SMARTS) is 1. The molecule has 0 spiro atoms. The number of rotatable bonds is 4. The topological polar surface area (TPSA) is 61.1 Å². The second kappa shape index (κ2) is 5.73. The van der Waals surface area contributed by atoms with Crippen molar-refractivity contribution in [3.05, 3.63) is 30.1 Å². The second-order valence-electron chi connectivity index (χ2n) is 5.35. The lowest BCUT2D eigenvalue weighted by atomic mass is 10.2. The van der Waals surface area contributed by atoms with Gasteiger partial charge in [0.1, 0.15) is 5.65 Å². The van der Waals surface area contributed by atoms with Crippen LogP contribution in [0.5, 0.6) is 0 Å². The average molecular weight is 288 g/mol. The fraction of sp³-hybridized carbons (Fsp3) is 0.467. The van der Waals surface area contributed by atoms with E-state index in [1.807, 2.05) is 18.2 Å². The number of hydrogen-bond acceptors (Lipinski definition) is 4. The molecular formula is C15H20N4O2. The van der Waals surface area contributed by atoms with Crippen molar-refractivity contribution in [3.63, 3.8) is 0 Å². The first-order chi connectivity index (χ1) is 10.2. The summed E-state index contributed by atoms with van der Waals surface area (Å²) in [5.41, 5.74) is 0.940. The summed E-state index contributed by atoms with van der Waals surface area (Å²) in [7, 11) is 0. The van der Waals surface area contributed by atoms with Crippen molar-refractivity contribution < 1.29 is 9.90 Å². The monoisotopic (exact) mass is 288 g/mol. The average Bonchev–Trinajstić information content (AvgIpc) is 2.88. The van der Waals surface area contributed by atoms with E-state index in [1.54, 1.807) is 10.6 Å². The van der Waals surface area contributed by atoms with Crippen LogP contribution in [0.25, 0.3) is 5.65 Å². The Labute approximate surface area is 123 Å². The molecule has 1 fully saturated rings. The summed E-state index contributed by atoms with van der Waals surface area (Å²) in [5, 5.41) is 9.52. The molecule has 3 heterocycles. The predicted molar refractivity (Wildman–Crippen MR) is 81.1 cm³/mol. The molecule has 3 rings (SSSR count). The van der Waals surface area contributed by atoms with E-state index in [2.05, 4.69) is 21.7 Å². The van der Waals surface area contributed by atoms with Gasteiger partial charge in [-0.05, 0) is 25.1 Å². The SMILES string of the molecule is CCCN1CCN(c2nc3ccccn3c2C(=O)O)CC1. The quantitative estimate of drug-likeness (QED) is 0.925. The maximum absolute atomic E-state index is 11.6. The van der Waals surface area contributed by atoms with Gasteiger partial charge in [0, 0.05) is 32.4 Å². The number of piperazine rings is 1. The number of fused-ring (bicyclic) bond motifs is 1. The molecule has 0 aliphatic carbocycles. The van der Waals surface area contributed by atoms with Gasteiger partial charge in [-0.3, -0.25) is 9.30 Å². The Morgan fingerprint density at radius 2 is 2.05 bits per heavy atom. The summed E-state index contributed by atoms with van der Waals surface area (Å²) in [6.45, 7) is 6.84. The van der Waals surface area contributed by atoms with E-state index >= 15 is 0 Å². The minimum absolute atomic E-state index is 0.259. The predicted octanol–water partition coefficient (Wildman–Crippen LogP) is 1.56. The standard InChI is InChI=1S/C15H20N4O2/c1-2-6-17-8-10-18(11-9-17)14-13(15(20)21)19-7-4-3-5-12(19)16-14/h3-5,7H,2,6,8-11H2,1H3,(H,20,21). The molecule has 0 unspecified atom stereocenters. The number of aromatic nitrogens is 2. The van der Waals surface area contributed by atoms with Crippen LogP contribution in [-0.4, -0.2) is 58.1 Å². The Kier molecular flexibility index (Phi) is 3.79. The molecule has 21 heavy (non-hydrogen) atoms. The normalized spacial score (nSPS) is 16.5. The van der Waals surface area contributed by atoms with Crippen LogP contribution >= 0.6 is 0 Å². The van der Waals surface area contributed by atoms with Gasteiger partial charge in [-0.1, -0.05) is 13.0 Å². The number of carbonyl (C=O) groups is 1. The number of anilines is 1. The van der Waals surface area contributed by atoms with Crippen LogP contribution in [0.4, 0.5) is 5.82 Å². The first-order valence-corrected chi connectivity index (χ1v) is 7.38. The number of carboxylic acids is 1. The van der Waals surface area contributed by atoms with Crippen LogP contribution in [0.3, 0.4) is 0 Å². The maximum Gasteiger partial charge on any atom is 0.356 e. The molecule has 2 aromatic rings. The number of nitrogens with zero attached hydrogens (tertiary/aromatic N) is 4. The van der Waals surface area contributed by atoms with Crippen molar-refractivity contribution in [1.29, 1.82) is 0 Å². The molecule has 0 atom stereocenters. The fourth-order valence-electron chi connectivity index (χ4n) is 2.90. The third-order valence-corrected chi connectivity index (χ3v) is 3.93. The molecule has 1 saturated heterocycles. The van der Waals surface area contributed by atoms with E-state index in [-0.39, 0.29) is 5.69 Å². The van der Waals surface area contributed by atoms with Gasteiger partial charge in [-0.15, -0.1) is 0 Å². The van der Waals surface area contributed by atoms with Gasteiger partial charge < -0.3 is 10.0 Å². The molecular weight excluding hydrogens is 268 g/mol. The Hall–Kier alpha value is -2.08. The van der Waals surface area contributed by atoms with Crippen LogP contribution in [0, 0.1) is 0 Å². The number of hydrogen-bond donors (Lipinski definition) is 1. The summed E-state index contributed by atoms with van der Waals surface area (Å²) in [5.74, 6) is -0.343. The zero-order valence-electron chi connectivity index (χ0n) is 12.2. The van der Waals surface area contributed by atoms with Crippen molar-refractivity contribution >= 4 is 17.4 Å². The van der Waals surface area contributed by atoms with E-state index in [1.165, 1.54) is 0 Å². The summed E-state index contributed by atoms with van der Waals surface area (Å²) in [6.07, 6.45) is 2.90. The van der Waals surface area contributed by atoms with Crippen molar-refractivity contribution in [2.24, 2.45) is 0 Å². The summed E-state index contributed by atoms with van der Waals surface area (Å²) >= 11 is 0. The van der Waals surface area contributed by atoms with Gasteiger partial charge in [-0.2, -0.15) is 0 Å². The lowest BCUT2D eigenvalue weighted by Gasteiger charge is -2.34. The highest BCUT2D eigenvalue weighted by molar-refractivity contribution is 5.93. The maximum atomic E-state index is 11.6. The van der Waals surface area contributed by atoms with Crippen LogP contribution in [0.15, 0.2) is 24.4 Å². The van der Waals surface area contributed by atoms with Crippen LogP contribution in [0.2, 0.25) is 0 Å². The van der Waals surface area contributed by atoms with Crippen molar-refractivity contribution in [1.82, 2.24) is 14.3 Å². The molecule has 0 saturated carbocycles. The summed E-state index contributed by atoms with van der Waals surface area (Å²) in [6, 6.07) is 5.53. The molecule has 2 aromatic heterocycles. The Balaban J connectivity index is 1.90. The first-order valence-electron chi connectivity index (χ1n) is 7.38. The Morgan fingerprint density at radius 1 is 1.29 bits per heavy atom. The molecule has 1 N–H and O–H groups in total. The highest BCUT2D eigenvalue weighted by Gasteiger charge is 2.25. The van der Waals surface area contributed by atoms with E-state index in [0.29, 0.717) is 11.5 Å². The van der Waals surface area contributed by atoms with Crippen molar-refractivity contribution in [3.8, 4) is 0 Å². The van der Waals surface area contributed by atoms with E-state index in [0.717, 1.165) is 39.1 Å². The highest BCUT2D eigenvalue weighted by atomic mass is 16.4. The van der Waals surface area contributed by atoms with Gasteiger partial charge in [0.05, 0.1) is 0 Å². The molecule has 0 amide bonds. The third kappa shape index (κ3) is 2.58. The molecule has 0 radical (unpaired) electrons. The van der Waals surface area contributed by atoms with E-state index in [4.69, 9.17) is 0 Å². The van der Waals surface area contributed by atoms with Gasteiger partial charge in [0.15, 0.2) is 11.5 Å². The highest BCUT2D eigenvalue weighted by Crippen LogP contribution is 2.23. The minimum atomic E-state index is -0.931. The minimum Gasteiger partial charge on any atom is -0.476 e. The fourth-order valence-corrected chi connectivity index (χ4v) is 2.90. The lowest BCUT2D eigenvalue weighted by molar-refractivity contribution is 0.0690. The van der Waals surface area contributed by atoms with Gasteiger partial charge in [0.2, 0.25) is 0 Å². The molecule has 0 bridgehead atoms. The van der Waals surface area contributed by atoms with Crippen LogP contribution in [0.1, 0.15) is 23.8 Å². The van der Waals surface area contributed by atoms with E-state index < -0.39 is 5.97 Å². The number of imidazole rings is 1. The largest absolute Gasteiger partial charge is 0.476 e. The summed E-state index contributed by atoms with van der Waals surface area (Å²) < 4.78 is 1.65. The molecule has 112 valence electrons. The van der Waals surface area contributed by atoms with Gasteiger partial charge >= 0.3 is 5.97 Å². The second-order valence-corrected chi connectivity index (χ2v) is 5.35. The molecule has 6 nitrogen and oxygen atoms in total. The zero-order valence-corrected chi connectivity index (χ0v) is 12.2. The van der Waals surface area contributed by atoms with Gasteiger partial charge in [-0.25, -0.2) is 9.78 Å². The Bertz CT molecular complexity index is 644. The molecule has 6 heteroatoms. The number of aromatic carboxylic acids is 1. The van der Waals surface area contributed by atoms with Crippen LogP contribution in [-0.2, 0) is 0 Å². The lowest BCUT2D eigenvalue weighted by Crippen LogP contribution is -2.47. The van der Waals surface area contributed by atoms with Gasteiger partial charge in [0.25, 0.3) is 0 Å².